The molecule has 2 aromatic rings. The Hall–Kier alpha value is -3.36. The van der Waals surface area contributed by atoms with Crippen molar-refractivity contribution in [3.8, 4) is 5.75 Å². The van der Waals surface area contributed by atoms with Crippen LogP contribution >= 0.6 is 0 Å². The average molecular weight is 506 g/mol. The summed E-state index contributed by atoms with van der Waals surface area (Å²) >= 11 is 0. The molecule has 1 amide bonds. The van der Waals surface area contributed by atoms with Crippen LogP contribution in [0.3, 0.4) is 0 Å². The molecule has 2 saturated heterocycles. The molecule has 0 radical (unpaired) electrons. The fourth-order valence-corrected chi connectivity index (χ4v) is 5.43. The van der Waals surface area contributed by atoms with Gasteiger partial charge < -0.3 is 24.4 Å². The van der Waals surface area contributed by atoms with E-state index in [1.165, 1.54) is 0 Å². The first-order valence-corrected chi connectivity index (χ1v) is 13.0. The molecular formula is C29H35N3O5. The van der Waals surface area contributed by atoms with E-state index in [9.17, 15) is 14.7 Å². The molecule has 0 spiro atoms. The summed E-state index contributed by atoms with van der Waals surface area (Å²) in [6.45, 7) is 6.42. The quantitative estimate of drug-likeness (QED) is 0.352. The highest BCUT2D eigenvalue weighted by Gasteiger charge is 2.46. The maximum absolute atomic E-state index is 13.4. The number of fused-ring (bicyclic) bond motifs is 1. The Balaban J connectivity index is 1.49. The van der Waals surface area contributed by atoms with Gasteiger partial charge in [0.1, 0.15) is 17.6 Å². The number of aliphatic hydroxyl groups excluding tert-OH is 1. The van der Waals surface area contributed by atoms with Crippen LogP contribution in [0.1, 0.15) is 36.1 Å². The fourth-order valence-electron chi connectivity index (χ4n) is 5.43. The first-order chi connectivity index (χ1) is 17.8. The molecule has 0 aromatic heterocycles. The summed E-state index contributed by atoms with van der Waals surface area (Å²) in [4.78, 5) is 32.6. The SMILES string of the molecule is C[C@H]1Cc2cc(/C(O)=C3\C(=O)C(=O)N(CCCN4CCOCC4)[C@H]3c3ccc(N(C)C)cc3)ccc2O1. The molecule has 3 aliphatic rings. The largest absolute Gasteiger partial charge is 0.507 e. The van der Waals surface area contributed by atoms with E-state index in [0.29, 0.717) is 25.3 Å². The lowest BCUT2D eigenvalue weighted by Gasteiger charge is -2.29. The number of aliphatic hydroxyl groups is 1. The fraction of sp³-hybridized carbons (Fsp3) is 0.448. The van der Waals surface area contributed by atoms with Gasteiger partial charge in [-0.1, -0.05) is 12.1 Å². The van der Waals surface area contributed by atoms with Crippen molar-refractivity contribution in [2.45, 2.75) is 31.9 Å². The van der Waals surface area contributed by atoms with Gasteiger partial charge in [-0.25, -0.2) is 0 Å². The van der Waals surface area contributed by atoms with Gasteiger partial charge in [-0.3, -0.25) is 14.5 Å². The number of rotatable bonds is 7. The van der Waals surface area contributed by atoms with Crippen LogP contribution < -0.4 is 9.64 Å². The van der Waals surface area contributed by atoms with Crippen molar-refractivity contribution in [2.75, 3.05) is 58.4 Å². The van der Waals surface area contributed by atoms with Crippen molar-refractivity contribution in [1.82, 2.24) is 9.80 Å². The van der Waals surface area contributed by atoms with Gasteiger partial charge in [0.05, 0.1) is 24.8 Å². The molecular weight excluding hydrogens is 470 g/mol. The van der Waals surface area contributed by atoms with Crippen molar-refractivity contribution in [1.29, 1.82) is 0 Å². The second-order valence-electron chi connectivity index (χ2n) is 10.2. The second kappa shape index (κ2) is 10.6. The minimum Gasteiger partial charge on any atom is -0.507 e. The number of ether oxygens (including phenoxy) is 2. The number of amides is 1. The first kappa shape index (κ1) is 25.3. The number of hydrogen-bond acceptors (Lipinski definition) is 7. The number of likely N-dealkylation sites (tertiary alicyclic amines) is 1. The van der Waals surface area contributed by atoms with E-state index < -0.39 is 17.7 Å². The predicted octanol–water partition coefficient (Wildman–Crippen LogP) is 3.22. The van der Waals surface area contributed by atoms with Crippen LogP contribution in [0.15, 0.2) is 48.0 Å². The Morgan fingerprint density at radius 2 is 1.78 bits per heavy atom. The van der Waals surface area contributed by atoms with Gasteiger partial charge in [0.15, 0.2) is 0 Å². The zero-order valence-electron chi connectivity index (χ0n) is 21.8. The van der Waals surface area contributed by atoms with E-state index in [4.69, 9.17) is 9.47 Å². The third-order valence-electron chi connectivity index (χ3n) is 7.41. The van der Waals surface area contributed by atoms with Crippen molar-refractivity contribution < 1.29 is 24.2 Å². The molecule has 1 N–H and O–H groups in total. The number of hydrogen-bond donors (Lipinski definition) is 1. The van der Waals surface area contributed by atoms with E-state index in [1.54, 1.807) is 11.0 Å². The molecule has 8 nitrogen and oxygen atoms in total. The van der Waals surface area contributed by atoms with Gasteiger partial charge in [0, 0.05) is 57.9 Å². The standard InChI is InChI=1S/C29H35N3O5/c1-19-17-22-18-21(7-10-24(22)37-19)27(33)25-26(20-5-8-23(9-6-20)30(2)3)32(29(35)28(25)34)12-4-11-31-13-15-36-16-14-31/h5-10,18-19,26,33H,4,11-17H2,1-3H3/b27-25+/t19-,26-/m0/s1. The van der Waals surface area contributed by atoms with Gasteiger partial charge in [0.2, 0.25) is 0 Å². The maximum Gasteiger partial charge on any atom is 0.295 e. The normalized spacial score (nSPS) is 23.3. The van der Waals surface area contributed by atoms with Gasteiger partial charge in [-0.05, 0) is 54.8 Å². The minimum atomic E-state index is -0.649. The van der Waals surface area contributed by atoms with E-state index in [2.05, 4.69) is 4.90 Å². The van der Waals surface area contributed by atoms with Gasteiger partial charge in [-0.2, -0.15) is 0 Å². The number of morpholine rings is 1. The Morgan fingerprint density at radius 3 is 2.49 bits per heavy atom. The molecule has 0 saturated carbocycles. The highest BCUT2D eigenvalue weighted by Crippen LogP contribution is 2.41. The van der Waals surface area contributed by atoms with Gasteiger partial charge in [-0.15, -0.1) is 0 Å². The van der Waals surface area contributed by atoms with Gasteiger partial charge in [0.25, 0.3) is 11.7 Å². The molecule has 196 valence electrons. The van der Waals surface area contributed by atoms with Crippen LogP contribution in [-0.2, 0) is 20.7 Å². The predicted molar refractivity (Wildman–Crippen MR) is 142 cm³/mol. The Labute approximate surface area is 218 Å². The first-order valence-electron chi connectivity index (χ1n) is 13.0. The lowest BCUT2D eigenvalue weighted by atomic mass is 9.94. The summed E-state index contributed by atoms with van der Waals surface area (Å²) in [5, 5.41) is 11.4. The van der Waals surface area contributed by atoms with Crippen molar-refractivity contribution >= 4 is 23.1 Å². The number of Topliss-reactive ketones (excluding diaryl/α,β-unsaturated/α-hetero) is 1. The number of ketones is 1. The molecule has 2 fully saturated rings. The zero-order chi connectivity index (χ0) is 26.1. The number of benzene rings is 2. The molecule has 2 aromatic carbocycles. The lowest BCUT2D eigenvalue weighted by molar-refractivity contribution is -0.140. The summed E-state index contributed by atoms with van der Waals surface area (Å²) in [5.41, 5.74) is 3.47. The molecule has 0 bridgehead atoms. The molecule has 37 heavy (non-hydrogen) atoms. The van der Waals surface area contributed by atoms with Crippen molar-refractivity contribution in [3.05, 3.63) is 64.7 Å². The summed E-state index contributed by atoms with van der Waals surface area (Å²) in [6, 6.07) is 12.6. The van der Waals surface area contributed by atoms with E-state index in [1.807, 2.05) is 62.3 Å². The Kier molecular flexibility index (Phi) is 7.22. The number of nitrogens with zero attached hydrogens (tertiary/aromatic N) is 3. The average Bonchev–Trinajstić information content (AvgIpc) is 3.40. The molecule has 0 unspecified atom stereocenters. The smallest absolute Gasteiger partial charge is 0.295 e. The van der Waals surface area contributed by atoms with Gasteiger partial charge >= 0.3 is 0 Å². The van der Waals surface area contributed by atoms with Crippen LogP contribution in [0.5, 0.6) is 5.75 Å². The topological polar surface area (TPSA) is 82.5 Å². The Bertz CT molecular complexity index is 1200. The number of carbonyl (C=O) groups is 2. The monoisotopic (exact) mass is 505 g/mol. The molecule has 0 aliphatic carbocycles. The zero-order valence-corrected chi connectivity index (χ0v) is 21.8. The minimum absolute atomic E-state index is 0.0691. The molecule has 5 rings (SSSR count). The molecule has 3 aliphatic heterocycles. The highest BCUT2D eigenvalue weighted by atomic mass is 16.5. The summed E-state index contributed by atoms with van der Waals surface area (Å²) < 4.78 is 11.2. The van der Waals surface area contributed by atoms with Crippen LogP contribution in [0.25, 0.3) is 5.76 Å². The lowest BCUT2D eigenvalue weighted by Crippen LogP contribution is -2.38. The van der Waals surface area contributed by atoms with Crippen LogP contribution in [0.4, 0.5) is 5.69 Å². The Morgan fingerprint density at radius 1 is 1.05 bits per heavy atom. The van der Waals surface area contributed by atoms with E-state index >= 15 is 0 Å². The summed E-state index contributed by atoms with van der Waals surface area (Å²) in [6.07, 6.45) is 1.54. The van der Waals surface area contributed by atoms with Crippen LogP contribution in [0, 0.1) is 0 Å². The van der Waals surface area contributed by atoms with E-state index in [0.717, 1.165) is 55.0 Å². The van der Waals surface area contributed by atoms with Crippen LogP contribution in [-0.4, -0.2) is 86.2 Å². The molecule has 8 heteroatoms. The third kappa shape index (κ3) is 5.08. The second-order valence-corrected chi connectivity index (χ2v) is 10.2. The molecule has 2 atom stereocenters. The number of anilines is 1. The van der Waals surface area contributed by atoms with Crippen molar-refractivity contribution in [3.63, 3.8) is 0 Å². The van der Waals surface area contributed by atoms with E-state index in [-0.39, 0.29) is 17.4 Å². The third-order valence-corrected chi connectivity index (χ3v) is 7.41. The summed E-state index contributed by atoms with van der Waals surface area (Å²) in [7, 11) is 3.93. The van der Waals surface area contributed by atoms with Crippen LogP contribution in [0.2, 0.25) is 0 Å². The number of carbonyl (C=O) groups excluding carboxylic acids is 2. The molecule has 3 heterocycles. The van der Waals surface area contributed by atoms with Crippen molar-refractivity contribution in [2.24, 2.45) is 0 Å². The highest BCUT2D eigenvalue weighted by molar-refractivity contribution is 6.46. The maximum atomic E-state index is 13.4. The summed E-state index contributed by atoms with van der Waals surface area (Å²) in [5.74, 6) is -0.555.